The first-order chi connectivity index (χ1) is 12.2. The second-order valence-corrected chi connectivity index (χ2v) is 6.01. The molecule has 0 radical (unpaired) electrons. The Morgan fingerprint density at radius 3 is 2.68 bits per heavy atom. The number of nitrogens with one attached hydrogen (secondary N) is 1. The highest BCUT2D eigenvalue weighted by Gasteiger charge is 2.11. The molecule has 124 valence electrons. The summed E-state index contributed by atoms with van der Waals surface area (Å²) < 4.78 is 7.32. The minimum absolute atomic E-state index is 0.249. The van der Waals surface area contributed by atoms with Crippen LogP contribution in [0.3, 0.4) is 0 Å². The first kappa shape index (κ1) is 15.5. The molecule has 4 aromatic rings. The smallest absolute Gasteiger partial charge is 0.282 e. The number of benzene rings is 2. The molecular formula is C19H15N3O2S. The van der Waals surface area contributed by atoms with Crippen molar-refractivity contribution in [2.75, 3.05) is 0 Å². The number of para-hydroxylation sites is 2. The van der Waals surface area contributed by atoms with Crippen molar-refractivity contribution in [1.29, 1.82) is 0 Å². The second kappa shape index (κ2) is 6.14. The van der Waals surface area contributed by atoms with Gasteiger partial charge in [0.15, 0.2) is 0 Å². The van der Waals surface area contributed by atoms with E-state index < -0.39 is 0 Å². The highest BCUT2D eigenvalue weighted by molar-refractivity contribution is 7.71. The quantitative estimate of drug-likeness (QED) is 0.444. The summed E-state index contributed by atoms with van der Waals surface area (Å²) in [5, 5.41) is 5.85. The van der Waals surface area contributed by atoms with Crippen LogP contribution in [0.15, 0.2) is 62.8 Å². The molecule has 0 unspecified atom stereocenters. The summed E-state index contributed by atoms with van der Waals surface area (Å²) in [4.78, 5) is 15.7. The van der Waals surface area contributed by atoms with Crippen LogP contribution in [0.5, 0.6) is 0 Å². The largest absolute Gasteiger partial charge is 0.460 e. The summed E-state index contributed by atoms with van der Waals surface area (Å²) in [6, 6.07) is 15.0. The molecule has 0 aliphatic heterocycles. The number of aryl methyl sites for hydroxylation is 1. The van der Waals surface area contributed by atoms with E-state index in [4.69, 9.17) is 16.6 Å². The molecule has 0 spiro atoms. The fourth-order valence-corrected chi connectivity index (χ4v) is 3.13. The Hall–Kier alpha value is -2.99. The third kappa shape index (κ3) is 2.60. The molecule has 2 aromatic heterocycles. The maximum atomic E-state index is 12.7. The lowest BCUT2D eigenvalue weighted by molar-refractivity contribution is 0.556. The molecule has 0 atom stereocenters. The Bertz CT molecular complexity index is 1230. The first-order valence-corrected chi connectivity index (χ1v) is 8.38. The first-order valence-electron chi connectivity index (χ1n) is 7.98. The van der Waals surface area contributed by atoms with Crippen molar-refractivity contribution in [2.45, 2.75) is 13.3 Å². The van der Waals surface area contributed by atoms with Gasteiger partial charge >= 0.3 is 0 Å². The van der Waals surface area contributed by atoms with Crippen LogP contribution in [-0.4, -0.2) is 15.9 Å². The van der Waals surface area contributed by atoms with Gasteiger partial charge in [-0.1, -0.05) is 37.3 Å². The van der Waals surface area contributed by atoms with E-state index >= 15 is 0 Å². The van der Waals surface area contributed by atoms with Crippen LogP contribution in [0.1, 0.15) is 18.2 Å². The number of hydrogen-bond donors (Lipinski definition) is 1. The predicted molar refractivity (Wildman–Crippen MR) is 102 cm³/mol. The van der Waals surface area contributed by atoms with E-state index in [-0.39, 0.29) is 10.3 Å². The molecule has 5 nitrogen and oxygen atoms in total. The zero-order valence-electron chi connectivity index (χ0n) is 13.5. The van der Waals surface area contributed by atoms with E-state index in [0.29, 0.717) is 10.9 Å². The van der Waals surface area contributed by atoms with Gasteiger partial charge in [-0.15, -0.1) is 0 Å². The predicted octanol–water partition coefficient (Wildman–Crippen LogP) is 4.25. The molecule has 0 aliphatic rings. The Morgan fingerprint density at radius 1 is 1.16 bits per heavy atom. The zero-order valence-corrected chi connectivity index (χ0v) is 14.3. The van der Waals surface area contributed by atoms with E-state index in [1.807, 2.05) is 49.4 Å². The Labute approximate surface area is 148 Å². The van der Waals surface area contributed by atoms with Crippen molar-refractivity contribution in [2.24, 2.45) is 5.10 Å². The lowest BCUT2D eigenvalue weighted by Gasteiger charge is -2.02. The van der Waals surface area contributed by atoms with Gasteiger partial charge in [-0.3, -0.25) is 4.79 Å². The summed E-state index contributed by atoms with van der Waals surface area (Å²) in [5.74, 6) is 0.827. The number of fused-ring (bicyclic) bond motifs is 2. The fourth-order valence-electron chi connectivity index (χ4n) is 2.89. The van der Waals surface area contributed by atoms with E-state index in [1.165, 1.54) is 4.68 Å². The van der Waals surface area contributed by atoms with Gasteiger partial charge in [0.05, 0.1) is 17.1 Å². The van der Waals surface area contributed by atoms with Gasteiger partial charge in [-0.2, -0.15) is 9.78 Å². The maximum absolute atomic E-state index is 12.7. The highest BCUT2D eigenvalue weighted by Crippen LogP contribution is 2.24. The molecule has 4 rings (SSSR count). The van der Waals surface area contributed by atoms with Crippen molar-refractivity contribution in [3.8, 4) is 0 Å². The molecule has 0 saturated heterocycles. The van der Waals surface area contributed by atoms with Crippen molar-refractivity contribution in [3.63, 3.8) is 0 Å². The van der Waals surface area contributed by atoms with Crippen LogP contribution in [-0.2, 0) is 6.42 Å². The van der Waals surface area contributed by atoms with Crippen LogP contribution in [0.4, 0.5) is 0 Å². The minimum atomic E-state index is -0.249. The lowest BCUT2D eigenvalue weighted by atomic mass is 10.1. The number of H-pyrrole nitrogens is 1. The molecular weight excluding hydrogens is 334 g/mol. The molecule has 25 heavy (non-hydrogen) atoms. The summed E-state index contributed by atoms with van der Waals surface area (Å²) in [6.45, 7) is 2.02. The molecule has 0 saturated carbocycles. The molecule has 0 bridgehead atoms. The SMILES string of the molecule is CCc1oc2ccccc2c1/C=N\n1c(=S)[nH]c2ccccc2c1=O. The zero-order chi connectivity index (χ0) is 17.4. The van der Waals surface area contributed by atoms with Crippen LogP contribution in [0, 0.1) is 4.77 Å². The van der Waals surface area contributed by atoms with Crippen LogP contribution in [0.2, 0.25) is 0 Å². The third-order valence-corrected chi connectivity index (χ3v) is 4.39. The molecule has 0 amide bonds. The number of nitrogens with zero attached hydrogens (tertiary/aromatic N) is 2. The van der Waals surface area contributed by atoms with Gasteiger partial charge in [0.25, 0.3) is 5.56 Å². The maximum Gasteiger partial charge on any atom is 0.282 e. The van der Waals surface area contributed by atoms with Crippen molar-refractivity contribution < 1.29 is 4.42 Å². The van der Waals surface area contributed by atoms with Gasteiger partial charge in [0, 0.05) is 17.4 Å². The van der Waals surface area contributed by atoms with E-state index in [9.17, 15) is 4.79 Å². The number of hydrogen-bond acceptors (Lipinski definition) is 4. The van der Waals surface area contributed by atoms with Crippen LogP contribution >= 0.6 is 12.2 Å². The molecule has 2 heterocycles. The Kier molecular flexibility index (Phi) is 3.82. The van der Waals surface area contributed by atoms with Gasteiger partial charge in [0.2, 0.25) is 4.77 Å². The molecule has 2 aromatic carbocycles. The average molecular weight is 349 g/mol. The van der Waals surface area contributed by atoms with Crippen molar-refractivity contribution >= 4 is 40.3 Å². The summed E-state index contributed by atoms with van der Waals surface area (Å²) in [7, 11) is 0. The van der Waals surface area contributed by atoms with Crippen molar-refractivity contribution in [3.05, 3.63) is 75.0 Å². The summed E-state index contributed by atoms with van der Waals surface area (Å²) >= 11 is 5.29. The van der Waals surface area contributed by atoms with Gasteiger partial charge in [-0.05, 0) is 30.4 Å². The van der Waals surface area contributed by atoms with Gasteiger partial charge in [-0.25, -0.2) is 0 Å². The molecule has 0 aliphatic carbocycles. The minimum Gasteiger partial charge on any atom is -0.460 e. The molecule has 6 heteroatoms. The summed E-state index contributed by atoms with van der Waals surface area (Å²) in [5.41, 5.74) is 2.12. The van der Waals surface area contributed by atoms with Gasteiger partial charge in [0.1, 0.15) is 11.3 Å². The van der Waals surface area contributed by atoms with E-state index in [1.54, 1.807) is 12.3 Å². The number of rotatable bonds is 3. The third-order valence-electron chi connectivity index (χ3n) is 4.12. The average Bonchev–Trinajstić information content (AvgIpc) is 2.99. The Balaban J connectivity index is 1.90. The summed E-state index contributed by atoms with van der Waals surface area (Å²) in [6.07, 6.45) is 2.37. The highest BCUT2D eigenvalue weighted by atomic mass is 32.1. The number of aromatic nitrogens is 2. The number of furan rings is 1. The standard InChI is InChI=1S/C19H15N3O2S/c1-2-16-14(12-7-4-6-10-17(12)24-16)11-20-22-18(23)13-8-3-5-9-15(13)21-19(22)25/h3-11H,2H2,1H3,(H,21,25)/b20-11-. The Morgan fingerprint density at radius 2 is 1.88 bits per heavy atom. The van der Waals surface area contributed by atoms with Crippen LogP contribution < -0.4 is 5.56 Å². The van der Waals surface area contributed by atoms with Gasteiger partial charge < -0.3 is 9.40 Å². The van der Waals surface area contributed by atoms with Crippen LogP contribution in [0.25, 0.3) is 21.9 Å². The second-order valence-electron chi connectivity index (χ2n) is 5.63. The normalized spacial score (nSPS) is 11.7. The van der Waals surface area contributed by atoms with E-state index in [0.717, 1.165) is 28.7 Å². The monoisotopic (exact) mass is 349 g/mol. The van der Waals surface area contributed by atoms with E-state index in [2.05, 4.69) is 10.1 Å². The van der Waals surface area contributed by atoms with Crippen molar-refractivity contribution in [1.82, 2.24) is 9.66 Å². The molecule has 0 fully saturated rings. The topological polar surface area (TPSA) is 63.3 Å². The lowest BCUT2D eigenvalue weighted by Crippen LogP contribution is -2.18. The fraction of sp³-hybridized carbons (Fsp3) is 0.105. The number of aromatic amines is 1. The molecule has 1 N–H and O–H groups in total.